The van der Waals surface area contributed by atoms with E-state index in [4.69, 9.17) is 23.2 Å². The van der Waals surface area contributed by atoms with E-state index in [2.05, 4.69) is 15.4 Å². The molecule has 1 saturated heterocycles. The third-order valence-corrected chi connectivity index (χ3v) is 5.39. The molecule has 1 aliphatic heterocycles. The number of hydrogen-bond acceptors (Lipinski definition) is 7. The lowest BCUT2D eigenvalue weighted by Crippen LogP contribution is -2.49. The second-order valence-electron chi connectivity index (χ2n) is 6.91. The Bertz CT molecular complexity index is 1130. The van der Waals surface area contributed by atoms with Crippen LogP contribution >= 0.6 is 23.2 Å². The maximum absolute atomic E-state index is 12.7. The fourth-order valence-corrected chi connectivity index (χ4v) is 3.74. The van der Waals surface area contributed by atoms with Gasteiger partial charge < -0.3 is 9.80 Å². The Morgan fingerprint density at radius 1 is 1.06 bits per heavy atom. The zero-order valence-electron chi connectivity index (χ0n) is 16.2. The molecule has 0 N–H and O–H groups in total. The Hall–Kier alpha value is -3.24. The van der Waals surface area contributed by atoms with E-state index in [-0.39, 0.29) is 18.1 Å². The van der Waals surface area contributed by atoms with Gasteiger partial charge in [0, 0.05) is 47.9 Å². The minimum absolute atomic E-state index is 0.0470. The van der Waals surface area contributed by atoms with Gasteiger partial charge in [-0.05, 0) is 29.5 Å². The first-order valence-corrected chi connectivity index (χ1v) is 10.2. The Labute approximate surface area is 187 Å². The highest BCUT2D eigenvalue weighted by Crippen LogP contribution is 2.31. The molecular formula is C19H17Cl2N7O3. The number of anilines is 1. The van der Waals surface area contributed by atoms with Gasteiger partial charge in [0.25, 0.3) is 5.69 Å². The zero-order chi connectivity index (χ0) is 22.0. The number of carbonyl (C=O) groups is 1. The number of piperazine rings is 1. The molecule has 10 nitrogen and oxygen atoms in total. The van der Waals surface area contributed by atoms with Crippen LogP contribution in [0, 0.1) is 10.1 Å². The van der Waals surface area contributed by atoms with Crippen LogP contribution in [-0.4, -0.2) is 62.1 Å². The highest BCUT2D eigenvalue weighted by atomic mass is 35.5. The van der Waals surface area contributed by atoms with Crippen molar-refractivity contribution in [2.45, 2.75) is 6.54 Å². The summed E-state index contributed by atoms with van der Waals surface area (Å²) in [5.41, 5.74) is 1.16. The molecule has 3 aromatic rings. The first-order chi connectivity index (χ1) is 14.9. The number of carbonyl (C=O) groups excluding carboxylic acids is 1. The molecule has 1 amide bonds. The monoisotopic (exact) mass is 461 g/mol. The minimum atomic E-state index is -0.452. The maximum Gasteiger partial charge on any atom is 0.294 e. The summed E-state index contributed by atoms with van der Waals surface area (Å²) in [4.78, 5) is 28.4. The van der Waals surface area contributed by atoms with E-state index in [9.17, 15) is 14.9 Å². The lowest BCUT2D eigenvalue weighted by molar-refractivity contribution is -0.384. The van der Waals surface area contributed by atoms with Crippen LogP contribution in [0.1, 0.15) is 0 Å². The van der Waals surface area contributed by atoms with E-state index in [1.165, 1.54) is 10.9 Å². The van der Waals surface area contributed by atoms with Gasteiger partial charge in [-0.3, -0.25) is 14.9 Å². The molecule has 0 radical (unpaired) electrons. The van der Waals surface area contributed by atoms with Crippen molar-refractivity contribution in [1.29, 1.82) is 0 Å². The van der Waals surface area contributed by atoms with Crippen LogP contribution in [-0.2, 0) is 11.3 Å². The van der Waals surface area contributed by atoms with Crippen molar-refractivity contribution in [3.8, 4) is 11.4 Å². The SMILES string of the molecule is O=C(Cn1nnc(-c2cccc(Cl)c2)n1)N1CCN(c2ccc(Cl)cc2[N+](=O)[O-])CC1. The normalized spacial score (nSPS) is 14.0. The Balaban J connectivity index is 1.38. The maximum atomic E-state index is 12.7. The van der Waals surface area contributed by atoms with Crippen molar-refractivity contribution in [1.82, 2.24) is 25.1 Å². The third-order valence-electron chi connectivity index (χ3n) is 4.92. The molecular weight excluding hydrogens is 445 g/mol. The molecule has 31 heavy (non-hydrogen) atoms. The van der Waals surface area contributed by atoms with Crippen LogP contribution in [0.5, 0.6) is 0 Å². The van der Waals surface area contributed by atoms with Crippen LogP contribution < -0.4 is 4.90 Å². The van der Waals surface area contributed by atoms with Crippen LogP contribution in [0.4, 0.5) is 11.4 Å². The fourth-order valence-electron chi connectivity index (χ4n) is 3.38. The van der Waals surface area contributed by atoms with E-state index >= 15 is 0 Å². The average Bonchev–Trinajstić information content (AvgIpc) is 3.22. The van der Waals surface area contributed by atoms with Gasteiger partial charge in [0.15, 0.2) is 0 Å². The lowest BCUT2D eigenvalue weighted by Gasteiger charge is -2.35. The fraction of sp³-hybridized carbons (Fsp3) is 0.263. The zero-order valence-corrected chi connectivity index (χ0v) is 17.7. The predicted octanol–water partition coefficient (Wildman–Crippen LogP) is 2.90. The highest BCUT2D eigenvalue weighted by molar-refractivity contribution is 6.31. The lowest BCUT2D eigenvalue weighted by atomic mass is 10.2. The van der Waals surface area contributed by atoms with Crippen molar-refractivity contribution < 1.29 is 9.72 Å². The Kier molecular flexibility index (Phi) is 6.01. The van der Waals surface area contributed by atoms with Crippen molar-refractivity contribution in [2.24, 2.45) is 0 Å². The molecule has 0 unspecified atom stereocenters. The minimum Gasteiger partial charge on any atom is -0.362 e. The topological polar surface area (TPSA) is 110 Å². The van der Waals surface area contributed by atoms with Crippen LogP contribution in [0.15, 0.2) is 42.5 Å². The largest absolute Gasteiger partial charge is 0.362 e. The summed E-state index contributed by atoms with van der Waals surface area (Å²) in [6.45, 7) is 1.73. The van der Waals surface area contributed by atoms with E-state index in [1.807, 2.05) is 11.0 Å². The first-order valence-electron chi connectivity index (χ1n) is 9.41. The van der Waals surface area contributed by atoms with Gasteiger partial charge in [0.05, 0.1) is 4.92 Å². The number of benzene rings is 2. The van der Waals surface area contributed by atoms with Crippen molar-refractivity contribution in [3.63, 3.8) is 0 Å². The predicted molar refractivity (Wildman–Crippen MR) is 115 cm³/mol. The summed E-state index contributed by atoms with van der Waals surface area (Å²) < 4.78 is 0. The molecule has 160 valence electrons. The van der Waals surface area contributed by atoms with Crippen molar-refractivity contribution in [2.75, 3.05) is 31.1 Å². The van der Waals surface area contributed by atoms with Gasteiger partial charge in [0.1, 0.15) is 12.2 Å². The summed E-state index contributed by atoms with van der Waals surface area (Å²) >= 11 is 11.9. The average molecular weight is 462 g/mol. The quantitative estimate of drug-likeness (QED) is 0.424. The summed E-state index contributed by atoms with van der Waals surface area (Å²) in [5.74, 6) is 0.232. The number of hydrogen-bond donors (Lipinski definition) is 0. The molecule has 2 aromatic carbocycles. The van der Waals surface area contributed by atoms with E-state index in [1.54, 1.807) is 35.2 Å². The Morgan fingerprint density at radius 3 is 2.52 bits per heavy atom. The molecule has 0 aliphatic carbocycles. The number of nitro benzene ring substituents is 1. The van der Waals surface area contributed by atoms with E-state index in [0.717, 1.165) is 0 Å². The summed E-state index contributed by atoms with van der Waals surface area (Å²) in [5, 5.41) is 24.4. The number of tetrazole rings is 1. The van der Waals surface area contributed by atoms with Crippen LogP contribution in [0.25, 0.3) is 11.4 Å². The van der Waals surface area contributed by atoms with E-state index < -0.39 is 4.92 Å². The summed E-state index contributed by atoms with van der Waals surface area (Å²) in [7, 11) is 0. The number of nitrogens with zero attached hydrogens (tertiary/aromatic N) is 7. The highest BCUT2D eigenvalue weighted by Gasteiger charge is 2.26. The molecule has 1 fully saturated rings. The number of aromatic nitrogens is 4. The van der Waals surface area contributed by atoms with Gasteiger partial charge in [-0.25, -0.2) is 0 Å². The van der Waals surface area contributed by atoms with Crippen molar-refractivity contribution in [3.05, 3.63) is 62.6 Å². The Morgan fingerprint density at radius 2 is 1.81 bits per heavy atom. The summed E-state index contributed by atoms with van der Waals surface area (Å²) in [6, 6.07) is 11.7. The smallest absolute Gasteiger partial charge is 0.294 e. The summed E-state index contributed by atoms with van der Waals surface area (Å²) in [6.07, 6.45) is 0. The van der Waals surface area contributed by atoms with Crippen LogP contribution in [0.3, 0.4) is 0 Å². The number of amides is 1. The van der Waals surface area contributed by atoms with Gasteiger partial charge in [-0.1, -0.05) is 35.3 Å². The first kappa shape index (κ1) is 21.0. The molecule has 2 heterocycles. The van der Waals surface area contributed by atoms with Gasteiger partial charge in [-0.15, -0.1) is 10.2 Å². The molecule has 1 aromatic heterocycles. The van der Waals surface area contributed by atoms with Gasteiger partial charge in [0.2, 0.25) is 11.7 Å². The second-order valence-corrected chi connectivity index (χ2v) is 7.78. The van der Waals surface area contributed by atoms with E-state index in [0.29, 0.717) is 53.3 Å². The number of rotatable bonds is 5. The molecule has 1 aliphatic rings. The van der Waals surface area contributed by atoms with Gasteiger partial charge >= 0.3 is 0 Å². The molecule has 0 atom stereocenters. The molecule has 12 heteroatoms. The third kappa shape index (κ3) is 4.75. The number of nitro groups is 1. The molecule has 0 saturated carbocycles. The number of halogens is 2. The standard InChI is InChI=1S/C19H17Cl2N7O3/c20-14-3-1-2-13(10-14)19-22-24-27(23-19)12-18(29)26-8-6-25(7-9-26)16-5-4-15(21)11-17(16)28(30)31/h1-5,10-11H,6-9,12H2. The molecule has 4 rings (SSSR count). The molecule has 0 bridgehead atoms. The molecule has 0 spiro atoms. The van der Waals surface area contributed by atoms with Gasteiger partial charge in [-0.2, -0.15) is 4.80 Å². The second kappa shape index (κ2) is 8.86. The van der Waals surface area contributed by atoms with Crippen molar-refractivity contribution >= 4 is 40.5 Å². The van der Waals surface area contributed by atoms with Crippen LogP contribution in [0.2, 0.25) is 10.0 Å².